The Labute approximate surface area is 145 Å². The zero-order valence-electron chi connectivity index (χ0n) is 13.9. The van der Waals surface area contributed by atoms with Gasteiger partial charge in [0.1, 0.15) is 0 Å². The first-order valence-corrected chi connectivity index (χ1v) is 8.34. The van der Waals surface area contributed by atoms with E-state index in [0.29, 0.717) is 12.8 Å². The van der Waals surface area contributed by atoms with Gasteiger partial charge in [0.25, 0.3) is 0 Å². The third kappa shape index (κ3) is 7.76. The molecule has 0 aliphatic rings. The van der Waals surface area contributed by atoms with Crippen molar-refractivity contribution in [1.29, 1.82) is 0 Å². The Morgan fingerprint density at radius 3 is 2.00 bits per heavy atom. The molecule has 0 aromatic heterocycles. The number of aliphatic hydroxyl groups is 3. The zero-order valence-corrected chi connectivity index (χ0v) is 15.5. The predicted molar refractivity (Wildman–Crippen MR) is 76.7 cm³/mol. The number of hydrogen-bond donors (Lipinski definition) is 5. The number of hydrogen-bond acceptors (Lipinski definition) is 6. The third-order valence-corrected chi connectivity index (χ3v) is 3.12. The first-order valence-electron chi connectivity index (χ1n) is 7.00. The van der Waals surface area contributed by atoms with Gasteiger partial charge in [0, 0.05) is 5.92 Å². The molecule has 0 spiro atoms. The van der Waals surface area contributed by atoms with Gasteiger partial charge in [0.2, 0.25) is 5.79 Å². The van der Waals surface area contributed by atoms with Crippen LogP contribution in [0.5, 0.6) is 0 Å². The molecule has 23 heavy (non-hydrogen) atoms. The van der Waals surface area contributed by atoms with Gasteiger partial charge in [-0.25, -0.2) is 4.79 Å². The standard InChI is InChI=1S/C14H26O6.H2O.O.Ti/c1-6-8-20-14(19,13(17,18)11(15)16)10(7-2)9-12(3,4)5;;;/h6,10,17-19H,1,7-9H2,2-5H3,(H,15,16);1H2;;/q;;;+1/p-1. The van der Waals surface area contributed by atoms with Crippen molar-refractivity contribution in [3.05, 3.63) is 12.7 Å². The van der Waals surface area contributed by atoms with Gasteiger partial charge in [0.05, 0.1) is 6.61 Å². The van der Waals surface area contributed by atoms with Gasteiger partial charge in [-0.15, -0.1) is 6.58 Å². The van der Waals surface area contributed by atoms with Crippen LogP contribution in [0.25, 0.3) is 0 Å². The SMILES string of the molecule is C=CCOC(O)(C(CC)CC(C)(C)C)C(O)(O)C(=O)O.[O]=[Ti][OH]. The number of carboxylic acid groups (broad SMARTS) is 1. The molecule has 0 heterocycles. The van der Waals surface area contributed by atoms with Crippen LogP contribution in [-0.2, 0) is 32.4 Å². The van der Waals surface area contributed by atoms with Crippen molar-refractivity contribution < 1.29 is 56.5 Å². The van der Waals surface area contributed by atoms with Crippen molar-refractivity contribution in [3.63, 3.8) is 0 Å². The van der Waals surface area contributed by atoms with Crippen LogP contribution >= 0.6 is 0 Å². The monoisotopic (exact) mass is 371 g/mol. The molecule has 0 bridgehead atoms. The van der Waals surface area contributed by atoms with Crippen molar-refractivity contribution in [2.75, 3.05) is 6.61 Å². The Morgan fingerprint density at radius 1 is 1.30 bits per heavy atom. The maximum absolute atomic E-state index is 11.1. The van der Waals surface area contributed by atoms with Crippen LogP contribution in [0.15, 0.2) is 12.7 Å². The molecular formula is C14H27O8Ti. The quantitative estimate of drug-likeness (QED) is 0.235. The molecule has 2 unspecified atom stereocenters. The van der Waals surface area contributed by atoms with E-state index < -0.39 is 43.0 Å². The molecule has 0 amide bonds. The van der Waals surface area contributed by atoms with E-state index in [1.165, 1.54) is 6.08 Å². The fourth-order valence-electron chi connectivity index (χ4n) is 2.14. The Balaban J connectivity index is 0. The van der Waals surface area contributed by atoms with E-state index in [4.69, 9.17) is 16.9 Å². The number of ether oxygens (including phenoxy) is 1. The van der Waals surface area contributed by atoms with Crippen LogP contribution < -0.4 is 0 Å². The molecule has 0 aromatic rings. The Hall–Kier alpha value is -0.476. The van der Waals surface area contributed by atoms with Crippen LogP contribution in [0, 0.1) is 11.3 Å². The topological polar surface area (TPSA) is 145 Å². The van der Waals surface area contributed by atoms with E-state index in [1.54, 1.807) is 6.92 Å². The second kappa shape index (κ2) is 10.4. The fourth-order valence-corrected chi connectivity index (χ4v) is 2.14. The summed E-state index contributed by atoms with van der Waals surface area (Å²) in [5.41, 5.74) is -0.249. The molecule has 0 saturated heterocycles. The van der Waals surface area contributed by atoms with Crippen LogP contribution in [-0.4, -0.2) is 48.3 Å². The summed E-state index contributed by atoms with van der Waals surface area (Å²) in [7, 11) is 0. The van der Waals surface area contributed by atoms with Crippen molar-refractivity contribution in [3.8, 4) is 0 Å². The average Bonchev–Trinajstić information content (AvgIpc) is 2.41. The van der Waals surface area contributed by atoms with Crippen molar-refractivity contribution in [2.45, 2.75) is 52.1 Å². The van der Waals surface area contributed by atoms with Crippen LogP contribution in [0.3, 0.4) is 0 Å². The summed E-state index contributed by atoms with van der Waals surface area (Å²) in [5, 5.41) is 39.0. The summed E-state index contributed by atoms with van der Waals surface area (Å²) in [6.07, 6.45) is 1.97. The minimum absolute atomic E-state index is 0.201. The van der Waals surface area contributed by atoms with Crippen LogP contribution in [0.1, 0.15) is 40.5 Å². The van der Waals surface area contributed by atoms with Gasteiger partial charge in [0.15, 0.2) is 0 Å². The zero-order chi connectivity index (χ0) is 18.9. The van der Waals surface area contributed by atoms with Gasteiger partial charge in [-0.05, 0) is 18.3 Å². The summed E-state index contributed by atoms with van der Waals surface area (Å²) < 4.78 is 20.8. The van der Waals surface area contributed by atoms with E-state index in [1.807, 2.05) is 20.8 Å². The molecule has 0 saturated carbocycles. The van der Waals surface area contributed by atoms with Gasteiger partial charge in [-0.3, -0.25) is 0 Å². The molecule has 0 radical (unpaired) electrons. The molecule has 0 aliphatic carbocycles. The molecule has 0 fully saturated rings. The molecule has 0 aliphatic heterocycles. The number of rotatable bonds is 8. The van der Waals surface area contributed by atoms with Gasteiger partial charge in [-0.2, -0.15) is 0 Å². The molecule has 5 N–H and O–H groups in total. The number of carboxylic acids is 1. The van der Waals surface area contributed by atoms with E-state index in [2.05, 4.69) is 6.58 Å². The normalized spacial score (nSPS) is 15.5. The van der Waals surface area contributed by atoms with E-state index >= 15 is 0 Å². The second-order valence-electron chi connectivity index (χ2n) is 6.23. The summed E-state index contributed by atoms with van der Waals surface area (Å²) in [4.78, 5) is 11.1. The summed E-state index contributed by atoms with van der Waals surface area (Å²) >= 11 is -1.75. The predicted octanol–water partition coefficient (Wildman–Crippen LogP) is 0.427. The Kier molecular flexibility index (Phi) is 11.2. The third-order valence-electron chi connectivity index (χ3n) is 3.12. The number of carbonyl (C=O) groups is 1. The first kappa shape index (κ1) is 24.8. The summed E-state index contributed by atoms with van der Waals surface area (Å²) in [5.74, 6) is -8.75. The minimum atomic E-state index is -3.40. The molecule has 9 heteroatoms. The van der Waals surface area contributed by atoms with Gasteiger partial charge in [-0.1, -0.05) is 33.8 Å². The van der Waals surface area contributed by atoms with Crippen molar-refractivity contribution in [1.82, 2.24) is 0 Å². The van der Waals surface area contributed by atoms with Crippen molar-refractivity contribution >= 4 is 5.97 Å². The average molecular weight is 371 g/mol. The summed E-state index contributed by atoms with van der Waals surface area (Å²) in [6, 6.07) is 0. The van der Waals surface area contributed by atoms with E-state index in [-0.39, 0.29) is 12.0 Å². The maximum atomic E-state index is 11.1. The first-order chi connectivity index (χ1) is 10.3. The molecule has 0 aromatic carbocycles. The Bertz CT molecular complexity index is 391. The molecular weight excluding hydrogens is 344 g/mol. The molecule has 8 nitrogen and oxygen atoms in total. The fraction of sp³-hybridized carbons (Fsp3) is 0.786. The van der Waals surface area contributed by atoms with Crippen molar-refractivity contribution in [2.24, 2.45) is 11.3 Å². The summed E-state index contributed by atoms with van der Waals surface area (Å²) in [6.45, 7) is 10.6. The van der Waals surface area contributed by atoms with E-state index in [0.717, 1.165) is 0 Å². The van der Waals surface area contributed by atoms with Gasteiger partial charge < -0.3 is 25.2 Å². The molecule has 135 valence electrons. The van der Waals surface area contributed by atoms with Crippen LogP contribution in [0.4, 0.5) is 0 Å². The molecule has 2 atom stereocenters. The van der Waals surface area contributed by atoms with E-state index in [9.17, 15) is 20.1 Å². The molecule has 0 rings (SSSR count). The number of aliphatic carboxylic acids is 1. The second-order valence-corrected chi connectivity index (χ2v) is 6.52. The van der Waals surface area contributed by atoms with Gasteiger partial charge >= 0.3 is 38.3 Å². The Morgan fingerprint density at radius 2 is 1.74 bits per heavy atom. The van der Waals surface area contributed by atoms with Crippen LogP contribution in [0.2, 0.25) is 0 Å².